The zero-order valence-corrected chi connectivity index (χ0v) is 16.7. The van der Waals surface area contributed by atoms with Crippen LogP contribution in [0.4, 0.5) is 21.9 Å². The first-order valence-corrected chi connectivity index (χ1v) is 9.27. The standard InChI is InChI=1S/C20H25ClN4O2/c1-23(2)16-5-7-17(8-6-16)24-10-12-25(13-11-24)20(26)22-18-14-15(21)4-9-19(18)27-3/h4-9,14H,10-13H2,1-3H3,(H,22,26). The van der Waals surface area contributed by atoms with Gasteiger partial charge in [-0.1, -0.05) is 11.6 Å². The molecule has 1 fully saturated rings. The van der Waals surface area contributed by atoms with Crippen LogP contribution in [0.3, 0.4) is 0 Å². The average molecular weight is 389 g/mol. The van der Waals surface area contributed by atoms with Gasteiger partial charge in [-0.05, 0) is 42.5 Å². The number of hydrogen-bond acceptors (Lipinski definition) is 4. The number of rotatable bonds is 4. The Morgan fingerprint density at radius 2 is 1.74 bits per heavy atom. The van der Waals surface area contributed by atoms with Gasteiger partial charge < -0.3 is 24.8 Å². The minimum atomic E-state index is -0.141. The smallest absolute Gasteiger partial charge is 0.322 e. The normalized spacial score (nSPS) is 14.1. The van der Waals surface area contributed by atoms with Crippen LogP contribution in [0.1, 0.15) is 0 Å². The second kappa shape index (κ2) is 8.39. The molecule has 2 aromatic rings. The molecule has 1 heterocycles. The van der Waals surface area contributed by atoms with Gasteiger partial charge in [-0.15, -0.1) is 0 Å². The van der Waals surface area contributed by atoms with E-state index >= 15 is 0 Å². The lowest BCUT2D eigenvalue weighted by molar-refractivity contribution is 0.208. The van der Waals surface area contributed by atoms with E-state index in [1.165, 1.54) is 11.4 Å². The number of ether oxygens (including phenoxy) is 1. The summed E-state index contributed by atoms with van der Waals surface area (Å²) in [6, 6.07) is 13.5. The topological polar surface area (TPSA) is 48.1 Å². The van der Waals surface area contributed by atoms with Crippen molar-refractivity contribution in [3.05, 3.63) is 47.5 Å². The van der Waals surface area contributed by atoms with Gasteiger partial charge in [0.25, 0.3) is 0 Å². The van der Waals surface area contributed by atoms with Crippen molar-refractivity contribution in [2.24, 2.45) is 0 Å². The van der Waals surface area contributed by atoms with Crippen LogP contribution in [0.15, 0.2) is 42.5 Å². The Bertz CT molecular complexity index is 787. The second-order valence-corrected chi connectivity index (χ2v) is 7.10. The molecule has 2 aromatic carbocycles. The van der Waals surface area contributed by atoms with E-state index in [1.807, 2.05) is 19.0 Å². The molecule has 1 aliphatic heterocycles. The summed E-state index contributed by atoms with van der Waals surface area (Å²) in [5.74, 6) is 0.590. The third kappa shape index (κ3) is 4.57. The Hall–Kier alpha value is -2.60. The van der Waals surface area contributed by atoms with E-state index < -0.39 is 0 Å². The van der Waals surface area contributed by atoms with Crippen LogP contribution in [0, 0.1) is 0 Å². The van der Waals surface area contributed by atoms with Gasteiger partial charge >= 0.3 is 6.03 Å². The van der Waals surface area contributed by atoms with Gasteiger partial charge in [-0.2, -0.15) is 0 Å². The number of anilines is 3. The van der Waals surface area contributed by atoms with Crippen molar-refractivity contribution in [1.29, 1.82) is 0 Å². The first-order chi connectivity index (χ1) is 13.0. The molecule has 6 nitrogen and oxygen atoms in total. The summed E-state index contributed by atoms with van der Waals surface area (Å²) in [6.45, 7) is 2.90. The predicted octanol–water partition coefficient (Wildman–Crippen LogP) is 3.77. The predicted molar refractivity (Wildman–Crippen MR) is 112 cm³/mol. The second-order valence-electron chi connectivity index (χ2n) is 6.66. The van der Waals surface area contributed by atoms with Crippen molar-refractivity contribution in [3.63, 3.8) is 0 Å². The third-order valence-corrected chi connectivity index (χ3v) is 4.94. The Labute approximate surface area is 165 Å². The van der Waals surface area contributed by atoms with Crippen molar-refractivity contribution < 1.29 is 9.53 Å². The van der Waals surface area contributed by atoms with Crippen LogP contribution in [0.2, 0.25) is 5.02 Å². The lowest BCUT2D eigenvalue weighted by Gasteiger charge is -2.36. The quantitative estimate of drug-likeness (QED) is 0.866. The number of nitrogens with zero attached hydrogens (tertiary/aromatic N) is 3. The number of carbonyl (C=O) groups is 1. The number of benzene rings is 2. The molecule has 0 saturated carbocycles. The molecule has 0 aliphatic carbocycles. The highest BCUT2D eigenvalue weighted by Gasteiger charge is 2.22. The van der Waals surface area contributed by atoms with E-state index in [9.17, 15) is 4.79 Å². The molecular weight excluding hydrogens is 364 g/mol. The first kappa shape index (κ1) is 19.2. The van der Waals surface area contributed by atoms with Crippen LogP contribution < -0.4 is 19.9 Å². The Balaban J connectivity index is 1.59. The Morgan fingerprint density at radius 3 is 2.33 bits per heavy atom. The number of hydrogen-bond donors (Lipinski definition) is 1. The summed E-state index contributed by atoms with van der Waals surface area (Å²) in [5.41, 5.74) is 2.93. The molecule has 27 heavy (non-hydrogen) atoms. The minimum absolute atomic E-state index is 0.141. The summed E-state index contributed by atoms with van der Waals surface area (Å²) in [4.78, 5) is 18.8. The van der Waals surface area contributed by atoms with Gasteiger partial charge in [0.15, 0.2) is 0 Å². The van der Waals surface area contributed by atoms with Gasteiger partial charge in [-0.25, -0.2) is 4.79 Å². The van der Waals surface area contributed by atoms with E-state index in [0.29, 0.717) is 29.5 Å². The molecule has 2 amide bonds. The number of methoxy groups -OCH3 is 1. The zero-order valence-electron chi connectivity index (χ0n) is 15.9. The third-order valence-electron chi connectivity index (χ3n) is 4.70. The van der Waals surface area contributed by atoms with Crippen molar-refractivity contribution in [1.82, 2.24) is 4.90 Å². The average Bonchev–Trinajstić information content (AvgIpc) is 2.68. The highest BCUT2D eigenvalue weighted by atomic mass is 35.5. The molecule has 0 unspecified atom stereocenters. The molecule has 144 valence electrons. The summed E-state index contributed by atoms with van der Waals surface area (Å²) >= 11 is 6.03. The highest BCUT2D eigenvalue weighted by molar-refractivity contribution is 6.31. The summed E-state index contributed by atoms with van der Waals surface area (Å²) in [5, 5.41) is 3.45. The van der Waals surface area contributed by atoms with Crippen molar-refractivity contribution in [2.45, 2.75) is 0 Å². The Morgan fingerprint density at radius 1 is 1.07 bits per heavy atom. The molecule has 0 aromatic heterocycles. The number of amides is 2. The fourth-order valence-electron chi connectivity index (χ4n) is 3.10. The van der Waals surface area contributed by atoms with Crippen molar-refractivity contribution in [3.8, 4) is 5.75 Å². The largest absolute Gasteiger partial charge is 0.495 e. The molecule has 0 bridgehead atoms. The first-order valence-electron chi connectivity index (χ1n) is 8.90. The number of halogens is 1. The van der Waals surface area contributed by atoms with Gasteiger partial charge in [0.05, 0.1) is 12.8 Å². The lowest BCUT2D eigenvalue weighted by atomic mass is 10.2. The van der Waals surface area contributed by atoms with Crippen molar-refractivity contribution in [2.75, 3.05) is 62.5 Å². The van der Waals surface area contributed by atoms with Gasteiger partial charge in [0.2, 0.25) is 0 Å². The van der Waals surface area contributed by atoms with Gasteiger partial charge in [0, 0.05) is 56.7 Å². The van der Waals surface area contributed by atoms with Crippen LogP contribution in [-0.2, 0) is 0 Å². The van der Waals surface area contributed by atoms with Crippen LogP contribution in [0.5, 0.6) is 5.75 Å². The number of nitrogens with one attached hydrogen (secondary N) is 1. The highest BCUT2D eigenvalue weighted by Crippen LogP contribution is 2.28. The molecule has 7 heteroatoms. The summed E-state index contributed by atoms with van der Waals surface area (Å²) in [6.07, 6.45) is 0. The van der Waals surface area contributed by atoms with E-state index in [4.69, 9.17) is 16.3 Å². The van der Waals surface area contributed by atoms with Crippen molar-refractivity contribution >= 4 is 34.7 Å². The maximum atomic E-state index is 12.6. The van der Waals surface area contributed by atoms with E-state index in [2.05, 4.69) is 39.4 Å². The van der Waals surface area contributed by atoms with Gasteiger partial charge in [0.1, 0.15) is 5.75 Å². The molecule has 1 saturated heterocycles. The summed E-state index contributed by atoms with van der Waals surface area (Å²) < 4.78 is 5.29. The fraction of sp³-hybridized carbons (Fsp3) is 0.350. The number of piperazine rings is 1. The van der Waals surface area contributed by atoms with E-state index in [1.54, 1.807) is 25.3 Å². The van der Waals surface area contributed by atoms with Crippen LogP contribution in [-0.4, -0.2) is 58.3 Å². The maximum Gasteiger partial charge on any atom is 0.322 e. The SMILES string of the molecule is COc1ccc(Cl)cc1NC(=O)N1CCN(c2ccc(N(C)C)cc2)CC1. The van der Waals surface area contributed by atoms with E-state index in [0.717, 1.165) is 13.1 Å². The molecule has 3 rings (SSSR count). The molecule has 0 spiro atoms. The zero-order chi connectivity index (χ0) is 19.4. The molecule has 0 radical (unpaired) electrons. The van der Waals surface area contributed by atoms with Gasteiger partial charge in [-0.3, -0.25) is 0 Å². The Kier molecular flexibility index (Phi) is 5.96. The minimum Gasteiger partial charge on any atom is -0.495 e. The summed E-state index contributed by atoms with van der Waals surface area (Å²) in [7, 11) is 5.63. The molecule has 0 atom stereocenters. The van der Waals surface area contributed by atoms with E-state index in [-0.39, 0.29) is 6.03 Å². The number of carbonyl (C=O) groups excluding carboxylic acids is 1. The van der Waals surface area contributed by atoms with Crippen LogP contribution in [0.25, 0.3) is 0 Å². The maximum absolute atomic E-state index is 12.6. The number of urea groups is 1. The molecule has 1 aliphatic rings. The van der Waals surface area contributed by atoms with Crippen LogP contribution >= 0.6 is 11.6 Å². The molecule has 1 N–H and O–H groups in total. The fourth-order valence-corrected chi connectivity index (χ4v) is 3.27. The monoisotopic (exact) mass is 388 g/mol. The molecular formula is C20H25ClN4O2. The lowest BCUT2D eigenvalue weighted by Crippen LogP contribution is -2.50.